The molecule has 5 nitrogen and oxygen atoms in total. The van der Waals surface area contributed by atoms with Crippen LogP contribution in [0.5, 0.6) is 0 Å². The number of nitrogens with zero attached hydrogens (tertiary/aromatic N) is 1. The predicted molar refractivity (Wildman–Crippen MR) is 106 cm³/mol. The van der Waals surface area contributed by atoms with E-state index in [0.29, 0.717) is 12.8 Å². The molecule has 1 heterocycles. The first-order valence-electron chi connectivity index (χ1n) is 9.85. The second kappa shape index (κ2) is 7.30. The molecule has 1 amide bonds. The van der Waals surface area contributed by atoms with Gasteiger partial charge in [0, 0.05) is 18.0 Å². The Morgan fingerprint density at radius 2 is 1.57 bits per heavy atom. The molecule has 2 aliphatic rings. The maximum absolute atomic E-state index is 12.9. The highest BCUT2D eigenvalue weighted by Crippen LogP contribution is 2.44. The fraction of sp³-hybridized carbons (Fsp3) is 0.391. The molecule has 1 N–H and O–H groups in total. The number of likely N-dealkylation sites (tertiary alicyclic amines) is 1. The molecule has 5 heteroatoms. The fourth-order valence-corrected chi connectivity index (χ4v) is 4.74. The van der Waals surface area contributed by atoms with E-state index in [2.05, 4.69) is 24.3 Å². The lowest BCUT2D eigenvalue weighted by Gasteiger charge is -2.41. The first-order chi connectivity index (χ1) is 13.5. The zero-order valence-electron chi connectivity index (χ0n) is 16.2. The van der Waals surface area contributed by atoms with Crippen LogP contribution in [0.2, 0.25) is 0 Å². The highest BCUT2D eigenvalue weighted by molar-refractivity contribution is 5.79. The van der Waals surface area contributed by atoms with Gasteiger partial charge in [-0.25, -0.2) is 4.79 Å². The Morgan fingerprint density at radius 3 is 2.14 bits per heavy atom. The van der Waals surface area contributed by atoms with Crippen LogP contribution in [-0.2, 0) is 9.53 Å². The van der Waals surface area contributed by atoms with Gasteiger partial charge in [-0.3, -0.25) is 4.79 Å². The molecule has 0 aromatic heterocycles. The van der Waals surface area contributed by atoms with Crippen LogP contribution in [-0.4, -0.2) is 40.8 Å². The zero-order chi connectivity index (χ0) is 19.8. The van der Waals surface area contributed by atoms with Gasteiger partial charge in [0.05, 0.1) is 5.92 Å². The van der Waals surface area contributed by atoms with E-state index >= 15 is 0 Å². The highest BCUT2D eigenvalue weighted by Gasteiger charge is 2.40. The molecule has 1 saturated heterocycles. The normalized spacial score (nSPS) is 23.8. The van der Waals surface area contributed by atoms with Crippen molar-refractivity contribution in [3.05, 3.63) is 59.7 Å². The van der Waals surface area contributed by atoms with Crippen LogP contribution in [0.15, 0.2) is 48.5 Å². The first kappa shape index (κ1) is 18.5. The number of hydrogen-bond acceptors (Lipinski definition) is 3. The van der Waals surface area contributed by atoms with Crippen molar-refractivity contribution in [2.45, 2.75) is 44.7 Å². The molecule has 2 aromatic carbocycles. The van der Waals surface area contributed by atoms with E-state index in [1.165, 1.54) is 22.3 Å². The zero-order valence-corrected chi connectivity index (χ0v) is 16.2. The van der Waals surface area contributed by atoms with Crippen LogP contribution >= 0.6 is 0 Å². The number of aliphatic carboxylic acids is 1. The molecule has 28 heavy (non-hydrogen) atoms. The molecule has 1 fully saturated rings. The number of carboxylic acid groups (broad SMARTS) is 1. The topological polar surface area (TPSA) is 66.8 Å². The second-order valence-corrected chi connectivity index (χ2v) is 7.82. The summed E-state index contributed by atoms with van der Waals surface area (Å²) >= 11 is 0. The molecule has 1 aliphatic carbocycles. The maximum atomic E-state index is 12.9. The summed E-state index contributed by atoms with van der Waals surface area (Å²) < 4.78 is 5.74. The van der Waals surface area contributed by atoms with Gasteiger partial charge in [-0.2, -0.15) is 0 Å². The van der Waals surface area contributed by atoms with Gasteiger partial charge in [-0.05, 0) is 48.9 Å². The second-order valence-electron chi connectivity index (χ2n) is 7.82. The number of amides is 1. The van der Waals surface area contributed by atoms with Crippen molar-refractivity contribution < 1.29 is 19.4 Å². The maximum Gasteiger partial charge on any atom is 0.410 e. The van der Waals surface area contributed by atoms with Gasteiger partial charge in [0.1, 0.15) is 6.61 Å². The third kappa shape index (κ3) is 3.05. The Hall–Kier alpha value is -2.82. The summed E-state index contributed by atoms with van der Waals surface area (Å²) in [5.74, 6) is -1.39. The standard InChI is InChI=1S/C23H25NO4/c1-14-11-12-16(22(25)26)15(2)24(14)23(27)28-13-21-19-9-5-3-7-17(19)18-8-4-6-10-20(18)21/h3-10,14-16,21H,11-13H2,1-2H3,(H,25,26). The van der Waals surface area contributed by atoms with Crippen molar-refractivity contribution in [2.24, 2.45) is 5.92 Å². The van der Waals surface area contributed by atoms with E-state index in [0.717, 1.165) is 0 Å². The van der Waals surface area contributed by atoms with E-state index in [-0.39, 0.29) is 24.6 Å². The van der Waals surface area contributed by atoms with Crippen molar-refractivity contribution in [1.82, 2.24) is 4.90 Å². The minimum absolute atomic E-state index is 0.00187. The summed E-state index contributed by atoms with van der Waals surface area (Å²) in [5.41, 5.74) is 4.70. The number of piperidine rings is 1. The number of fused-ring (bicyclic) bond motifs is 3. The highest BCUT2D eigenvalue weighted by atomic mass is 16.6. The number of benzene rings is 2. The Balaban J connectivity index is 1.53. The molecule has 3 unspecified atom stereocenters. The predicted octanol–water partition coefficient (Wildman–Crippen LogP) is 4.51. The molecule has 1 aliphatic heterocycles. The lowest BCUT2D eigenvalue weighted by atomic mass is 9.87. The van der Waals surface area contributed by atoms with Crippen LogP contribution in [0, 0.1) is 5.92 Å². The number of carbonyl (C=O) groups is 2. The number of carbonyl (C=O) groups excluding carboxylic acids is 1. The molecule has 0 saturated carbocycles. The lowest BCUT2D eigenvalue weighted by Crippen LogP contribution is -2.53. The van der Waals surface area contributed by atoms with Crippen LogP contribution in [0.1, 0.15) is 43.7 Å². The average Bonchev–Trinajstić information content (AvgIpc) is 3.00. The van der Waals surface area contributed by atoms with E-state index in [4.69, 9.17) is 4.74 Å². The average molecular weight is 379 g/mol. The van der Waals surface area contributed by atoms with Gasteiger partial charge in [0.2, 0.25) is 0 Å². The molecule has 3 atom stereocenters. The van der Waals surface area contributed by atoms with Crippen LogP contribution in [0.4, 0.5) is 4.79 Å². The SMILES string of the molecule is CC1CCC(C(=O)O)C(C)N1C(=O)OCC1c2ccccc2-c2ccccc21. The number of ether oxygens (including phenoxy) is 1. The summed E-state index contributed by atoms with van der Waals surface area (Å²) in [6, 6.07) is 16.0. The molecule has 0 radical (unpaired) electrons. The molecule has 2 aromatic rings. The molecular weight excluding hydrogens is 354 g/mol. The van der Waals surface area contributed by atoms with Gasteiger partial charge in [-0.15, -0.1) is 0 Å². The summed E-state index contributed by atoms with van der Waals surface area (Å²) in [6.07, 6.45) is 0.837. The smallest absolute Gasteiger partial charge is 0.410 e. The summed E-state index contributed by atoms with van der Waals surface area (Å²) in [4.78, 5) is 26.0. The van der Waals surface area contributed by atoms with Crippen molar-refractivity contribution in [3.8, 4) is 11.1 Å². The van der Waals surface area contributed by atoms with Gasteiger partial charge < -0.3 is 14.7 Å². The fourth-order valence-electron chi connectivity index (χ4n) is 4.74. The Morgan fingerprint density at radius 1 is 1.00 bits per heavy atom. The van der Waals surface area contributed by atoms with Crippen molar-refractivity contribution in [2.75, 3.05) is 6.61 Å². The van der Waals surface area contributed by atoms with Crippen molar-refractivity contribution in [3.63, 3.8) is 0 Å². The van der Waals surface area contributed by atoms with Gasteiger partial charge in [-0.1, -0.05) is 48.5 Å². The van der Waals surface area contributed by atoms with Crippen LogP contribution in [0.25, 0.3) is 11.1 Å². The minimum atomic E-state index is -0.851. The third-order valence-corrected chi connectivity index (χ3v) is 6.26. The monoisotopic (exact) mass is 379 g/mol. The molecule has 4 rings (SSSR count). The van der Waals surface area contributed by atoms with E-state index in [1.54, 1.807) is 11.8 Å². The largest absolute Gasteiger partial charge is 0.481 e. The van der Waals surface area contributed by atoms with Gasteiger partial charge in [0.15, 0.2) is 0 Å². The third-order valence-electron chi connectivity index (χ3n) is 6.26. The van der Waals surface area contributed by atoms with Crippen LogP contribution < -0.4 is 0 Å². The summed E-state index contributed by atoms with van der Waals surface area (Å²) in [7, 11) is 0. The summed E-state index contributed by atoms with van der Waals surface area (Å²) in [5, 5.41) is 9.44. The Kier molecular flexibility index (Phi) is 4.84. The molecule has 0 spiro atoms. The van der Waals surface area contributed by atoms with Crippen LogP contribution in [0.3, 0.4) is 0 Å². The van der Waals surface area contributed by atoms with Gasteiger partial charge >= 0.3 is 12.1 Å². The van der Waals surface area contributed by atoms with E-state index in [1.807, 2.05) is 31.2 Å². The number of rotatable bonds is 3. The van der Waals surface area contributed by atoms with Crippen molar-refractivity contribution in [1.29, 1.82) is 0 Å². The molecule has 146 valence electrons. The first-order valence-corrected chi connectivity index (χ1v) is 9.85. The quantitative estimate of drug-likeness (QED) is 0.852. The van der Waals surface area contributed by atoms with E-state index in [9.17, 15) is 14.7 Å². The minimum Gasteiger partial charge on any atom is -0.481 e. The summed E-state index contributed by atoms with van der Waals surface area (Å²) in [6.45, 7) is 4.01. The van der Waals surface area contributed by atoms with E-state index < -0.39 is 18.0 Å². The Bertz CT molecular complexity index is 863. The lowest BCUT2D eigenvalue weighted by molar-refractivity contribution is -0.145. The number of carboxylic acids is 1. The Labute approximate surface area is 164 Å². The van der Waals surface area contributed by atoms with Gasteiger partial charge in [0.25, 0.3) is 0 Å². The molecular formula is C23H25NO4. The van der Waals surface area contributed by atoms with Crippen molar-refractivity contribution >= 4 is 12.1 Å². The molecule has 0 bridgehead atoms. The number of hydrogen-bond donors (Lipinski definition) is 1.